The van der Waals surface area contributed by atoms with Crippen LogP contribution in [0, 0.1) is 5.41 Å². The molecule has 2 rings (SSSR count). The molecule has 1 nitrogen and oxygen atoms in total. The average Bonchev–Trinajstić information content (AvgIpc) is 2.58. The molecular formula is C10H19N. The minimum absolute atomic E-state index is 0.491. The maximum Gasteiger partial charge on any atom is 0.0159 e. The Morgan fingerprint density at radius 3 is 2.55 bits per heavy atom. The molecule has 0 bridgehead atoms. The van der Waals surface area contributed by atoms with E-state index in [9.17, 15) is 0 Å². The monoisotopic (exact) mass is 153 g/mol. The van der Waals surface area contributed by atoms with Crippen molar-refractivity contribution in [1.82, 2.24) is 5.32 Å². The van der Waals surface area contributed by atoms with Crippen molar-refractivity contribution < 1.29 is 0 Å². The quantitative estimate of drug-likeness (QED) is 0.642. The highest BCUT2D eigenvalue weighted by Crippen LogP contribution is 2.55. The third-order valence-corrected chi connectivity index (χ3v) is 3.41. The van der Waals surface area contributed by atoms with E-state index in [2.05, 4.69) is 19.2 Å². The van der Waals surface area contributed by atoms with E-state index in [0.29, 0.717) is 5.54 Å². The Balaban J connectivity index is 1.96. The van der Waals surface area contributed by atoms with E-state index in [1.165, 1.54) is 38.6 Å². The molecule has 1 saturated carbocycles. The molecule has 1 N–H and O–H groups in total. The highest BCUT2D eigenvalue weighted by molar-refractivity contribution is 5.08. The molecule has 2 fully saturated rings. The number of hydrogen-bond acceptors (Lipinski definition) is 1. The summed E-state index contributed by atoms with van der Waals surface area (Å²) in [6.45, 7) is 5.97. The second-order valence-electron chi connectivity index (χ2n) is 4.84. The molecule has 0 radical (unpaired) electrons. The van der Waals surface area contributed by atoms with Crippen molar-refractivity contribution in [3.63, 3.8) is 0 Å². The SMILES string of the molecule is CCCC1(C)CC2(CC2)CN1. The molecule has 1 heteroatoms. The number of nitrogens with one attached hydrogen (secondary N) is 1. The van der Waals surface area contributed by atoms with E-state index in [-0.39, 0.29) is 0 Å². The first-order valence-electron chi connectivity index (χ1n) is 4.93. The molecule has 0 aromatic rings. The van der Waals surface area contributed by atoms with E-state index < -0.39 is 0 Å². The fraction of sp³-hybridized carbons (Fsp3) is 1.00. The Labute approximate surface area is 69.6 Å². The molecule has 0 aromatic carbocycles. The van der Waals surface area contributed by atoms with Gasteiger partial charge in [0, 0.05) is 12.1 Å². The Kier molecular flexibility index (Phi) is 1.54. The first kappa shape index (κ1) is 7.60. The third-order valence-electron chi connectivity index (χ3n) is 3.41. The molecule has 1 unspecified atom stereocenters. The van der Waals surface area contributed by atoms with Gasteiger partial charge >= 0.3 is 0 Å². The Morgan fingerprint density at radius 2 is 2.09 bits per heavy atom. The van der Waals surface area contributed by atoms with Crippen molar-refractivity contribution in [2.45, 2.75) is 51.5 Å². The zero-order valence-electron chi connectivity index (χ0n) is 7.74. The van der Waals surface area contributed by atoms with Gasteiger partial charge in [-0.15, -0.1) is 0 Å². The Morgan fingerprint density at radius 1 is 1.36 bits per heavy atom. The van der Waals surface area contributed by atoms with Crippen molar-refractivity contribution in [3.05, 3.63) is 0 Å². The molecule has 11 heavy (non-hydrogen) atoms. The Bertz CT molecular complexity index is 160. The molecule has 0 aromatic heterocycles. The standard InChI is InChI=1S/C10H19N/c1-3-4-9(2)7-10(5-6-10)8-11-9/h11H,3-8H2,1-2H3. The van der Waals surface area contributed by atoms with Crippen LogP contribution >= 0.6 is 0 Å². The molecule has 1 heterocycles. The summed E-state index contributed by atoms with van der Waals surface area (Å²) in [6.07, 6.45) is 7.08. The largest absolute Gasteiger partial charge is 0.311 e. The fourth-order valence-corrected chi connectivity index (χ4v) is 2.61. The topological polar surface area (TPSA) is 12.0 Å². The van der Waals surface area contributed by atoms with Crippen LogP contribution in [0.15, 0.2) is 0 Å². The van der Waals surface area contributed by atoms with Crippen molar-refractivity contribution in [1.29, 1.82) is 0 Å². The fourth-order valence-electron chi connectivity index (χ4n) is 2.61. The van der Waals surface area contributed by atoms with Gasteiger partial charge in [0.1, 0.15) is 0 Å². The second kappa shape index (κ2) is 2.22. The van der Waals surface area contributed by atoms with Crippen LogP contribution in [0.5, 0.6) is 0 Å². The second-order valence-corrected chi connectivity index (χ2v) is 4.84. The van der Waals surface area contributed by atoms with Crippen LogP contribution in [-0.4, -0.2) is 12.1 Å². The summed E-state index contributed by atoms with van der Waals surface area (Å²) < 4.78 is 0. The van der Waals surface area contributed by atoms with Crippen LogP contribution in [0.2, 0.25) is 0 Å². The van der Waals surface area contributed by atoms with Crippen LogP contribution in [0.4, 0.5) is 0 Å². The van der Waals surface area contributed by atoms with Crippen LogP contribution in [0.1, 0.15) is 46.0 Å². The van der Waals surface area contributed by atoms with E-state index in [1.807, 2.05) is 0 Å². The average molecular weight is 153 g/mol. The maximum atomic E-state index is 3.69. The summed E-state index contributed by atoms with van der Waals surface area (Å²) in [5.41, 5.74) is 1.26. The van der Waals surface area contributed by atoms with Gasteiger partial charge < -0.3 is 5.32 Å². The van der Waals surface area contributed by atoms with Gasteiger partial charge in [-0.1, -0.05) is 13.3 Å². The summed E-state index contributed by atoms with van der Waals surface area (Å²) in [5, 5.41) is 3.69. The molecule has 64 valence electrons. The Hall–Kier alpha value is -0.0400. The molecule has 0 amide bonds. The predicted molar refractivity (Wildman–Crippen MR) is 47.6 cm³/mol. The minimum Gasteiger partial charge on any atom is -0.311 e. The van der Waals surface area contributed by atoms with Crippen LogP contribution in [0.3, 0.4) is 0 Å². The lowest BCUT2D eigenvalue weighted by Gasteiger charge is -2.23. The molecule has 1 atom stereocenters. The maximum absolute atomic E-state index is 3.69. The molecule has 2 aliphatic rings. The van der Waals surface area contributed by atoms with Gasteiger partial charge in [0.05, 0.1) is 0 Å². The van der Waals surface area contributed by atoms with Crippen molar-refractivity contribution in [2.24, 2.45) is 5.41 Å². The summed E-state index contributed by atoms with van der Waals surface area (Å²) in [6, 6.07) is 0. The van der Waals surface area contributed by atoms with Crippen LogP contribution in [-0.2, 0) is 0 Å². The highest BCUT2D eigenvalue weighted by atomic mass is 15.0. The van der Waals surface area contributed by atoms with E-state index >= 15 is 0 Å². The molecule has 1 spiro atoms. The lowest BCUT2D eigenvalue weighted by molar-refractivity contribution is 0.365. The van der Waals surface area contributed by atoms with Crippen LogP contribution < -0.4 is 5.32 Å². The van der Waals surface area contributed by atoms with Gasteiger partial charge in [-0.2, -0.15) is 0 Å². The van der Waals surface area contributed by atoms with Crippen LogP contribution in [0.25, 0.3) is 0 Å². The van der Waals surface area contributed by atoms with E-state index in [1.54, 1.807) is 0 Å². The van der Waals surface area contributed by atoms with Gasteiger partial charge in [-0.05, 0) is 38.0 Å². The van der Waals surface area contributed by atoms with Crippen molar-refractivity contribution in [3.8, 4) is 0 Å². The summed E-state index contributed by atoms with van der Waals surface area (Å²) >= 11 is 0. The lowest BCUT2D eigenvalue weighted by atomic mass is 9.89. The van der Waals surface area contributed by atoms with Crippen molar-refractivity contribution >= 4 is 0 Å². The summed E-state index contributed by atoms with van der Waals surface area (Å²) in [4.78, 5) is 0. The zero-order chi connectivity index (χ0) is 7.95. The normalized spacial score (nSPS) is 39.8. The van der Waals surface area contributed by atoms with Crippen molar-refractivity contribution in [2.75, 3.05) is 6.54 Å². The smallest absolute Gasteiger partial charge is 0.0159 e. The molecular weight excluding hydrogens is 134 g/mol. The predicted octanol–water partition coefficient (Wildman–Crippen LogP) is 2.32. The first-order chi connectivity index (χ1) is 5.18. The first-order valence-corrected chi connectivity index (χ1v) is 4.93. The minimum atomic E-state index is 0.491. The van der Waals surface area contributed by atoms with Gasteiger partial charge in [-0.25, -0.2) is 0 Å². The summed E-state index contributed by atoms with van der Waals surface area (Å²) in [5.74, 6) is 0. The van der Waals surface area contributed by atoms with Gasteiger partial charge in [0.15, 0.2) is 0 Å². The van der Waals surface area contributed by atoms with E-state index in [0.717, 1.165) is 5.41 Å². The zero-order valence-corrected chi connectivity index (χ0v) is 7.74. The van der Waals surface area contributed by atoms with Gasteiger partial charge in [0.2, 0.25) is 0 Å². The van der Waals surface area contributed by atoms with Gasteiger partial charge in [0.25, 0.3) is 0 Å². The number of rotatable bonds is 2. The third kappa shape index (κ3) is 1.31. The molecule has 1 aliphatic carbocycles. The molecule has 1 aliphatic heterocycles. The van der Waals surface area contributed by atoms with Gasteiger partial charge in [-0.3, -0.25) is 0 Å². The molecule has 1 saturated heterocycles. The van der Waals surface area contributed by atoms with E-state index in [4.69, 9.17) is 0 Å². The highest BCUT2D eigenvalue weighted by Gasteiger charge is 2.52. The summed E-state index contributed by atoms with van der Waals surface area (Å²) in [7, 11) is 0. The number of hydrogen-bond donors (Lipinski definition) is 1. The lowest BCUT2D eigenvalue weighted by Crippen LogP contribution is -2.35.